The molecule has 0 bridgehead atoms. The summed E-state index contributed by atoms with van der Waals surface area (Å²) in [6, 6.07) is 9.81. The number of benzene rings is 1. The van der Waals surface area contributed by atoms with E-state index < -0.39 is 0 Å². The van der Waals surface area contributed by atoms with Crippen molar-refractivity contribution in [3.8, 4) is 5.69 Å². The van der Waals surface area contributed by atoms with E-state index in [1.54, 1.807) is 4.68 Å². The van der Waals surface area contributed by atoms with Crippen LogP contribution in [0.25, 0.3) is 11.5 Å². The molecule has 0 spiro atoms. The maximum Gasteiger partial charge on any atom is 0.253 e. The van der Waals surface area contributed by atoms with Gasteiger partial charge in [0.1, 0.15) is 0 Å². The van der Waals surface area contributed by atoms with Gasteiger partial charge in [-0.15, -0.1) is 0 Å². The lowest BCUT2D eigenvalue weighted by atomic mass is 10.1. The van der Waals surface area contributed by atoms with Crippen molar-refractivity contribution in [2.45, 2.75) is 27.2 Å². The number of nitrogens with zero attached hydrogens (tertiary/aromatic N) is 4. The normalized spacial score (nSPS) is 11.2. The molecule has 2 heterocycles. The molecule has 0 saturated carbocycles. The third-order valence-electron chi connectivity index (χ3n) is 3.61. The van der Waals surface area contributed by atoms with Crippen LogP contribution < -0.4 is 5.62 Å². The monoisotopic (exact) mass is 267 g/mol. The molecule has 0 fully saturated rings. The number of aryl methyl sites for hydroxylation is 2. The summed E-state index contributed by atoms with van der Waals surface area (Å²) in [5.74, 6) is 0.575. The summed E-state index contributed by atoms with van der Waals surface area (Å²) in [5.41, 5.74) is 4.40. The van der Waals surface area contributed by atoms with Crippen molar-refractivity contribution in [3.63, 3.8) is 0 Å². The summed E-state index contributed by atoms with van der Waals surface area (Å²) in [5, 5.41) is 8.12. The van der Waals surface area contributed by atoms with Crippen molar-refractivity contribution in [2.24, 2.45) is 0 Å². The van der Waals surface area contributed by atoms with Crippen molar-refractivity contribution in [1.82, 2.24) is 19.2 Å². The minimum Gasteiger partial charge on any atom is -0.265 e. The van der Waals surface area contributed by atoms with Crippen LogP contribution in [-0.2, 0) is 6.42 Å². The summed E-state index contributed by atoms with van der Waals surface area (Å²) in [6.07, 6.45) is 0.918. The molecule has 5 heteroatoms. The van der Waals surface area contributed by atoms with Gasteiger partial charge in [0.05, 0.1) is 5.69 Å². The lowest BCUT2D eigenvalue weighted by molar-refractivity contribution is 0.708. The fourth-order valence-corrected chi connectivity index (χ4v) is 2.67. The van der Waals surface area contributed by atoms with E-state index in [0.29, 0.717) is 5.78 Å². The average molecular weight is 267 g/mol. The molecule has 1 aromatic carbocycles. The van der Waals surface area contributed by atoms with E-state index in [0.717, 1.165) is 23.5 Å². The van der Waals surface area contributed by atoms with Crippen LogP contribution in [0.15, 0.2) is 30.3 Å². The SMILES string of the molecule is CCc1c(C)nc2nc(=N)n(-c3ccccc3)n2c1C. The maximum absolute atomic E-state index is 8.12. The number of nitrogens with one attached hydrogen (secondary N) is 1. The molecule has 0 radical (unpaired) electrons. The van der Waals surface area contributed by atoms with Gasteiger partial charge in [0.25, 0.3) is 5.78 Å². The molecule has 0 aliphatic heterocycles. The molecule has 102 valence electrons. The smallest absolute Gasteiger partial charge is 0.253 e. The van der Waals surface area contributed by atoms with E-state index in [2.05, 4.69) is 23.8 Å². The molecule has 0 aliphatic rings. The summed E-state index contributed by atoms with van der Waals surface area (Å²) in [6.45, 7) is 6.17. The average Bonchev–Trinajstić information content (AvgIpc) is 2.76. The van der Waals surface area contributed by atoms with Gasteiger partial charge in [-0.05, 0) is 38.0 Å². The Kier molecular flexibility index (Phi) is 2.89. The molecule has 1 N–H and O–H groups in total. The predicted molar refractivity (Wildman–Crippen MR) is 77.0 cm³/mol. The molecule has 0 amide bonds. The number of hydrogen-bond acceptors (Lipinski definition) is 3. The first-order valence-electron chi connectivity index (χ1n) is 6.71. The van der Waals surface area contributed by atoms with Gasteiger partial charge < -0.3 is 0 Å². The van der Waals surface area contributed by atoms with Crippen LogP contribution in [0.3, 0.4) is 0 Å². The molecule has 3 rings (SSSR count). The highest BCUT2D eigenvalue weighted by atomic mass is 15.4. The quantitative estimate of drug-likeness (QED) is 0.773. The van der Waals surface area contributed by atoms with Gasteiger partial charge in [0, 0.05) is 11.4 Å². The van der Waals surface area contributed by atoms with E-state index in [-0.39, 0.29) is 5.62 Å². The van der Waals surface area contributed by atoms with Gasteiger partial charge in [-0.1, -0.05) is 25.1 Å². The fourth-order valence-electron chi connectivity index (χ4n) is 2.67. The number of fused-ring (bicyclic) bond motifs is 1. The Morgan fingerprint density at radius 3 is 2.45 bits per heavy atom. The Morgan fingerprint density at radius 2 is 1.80 bits per heavy atom. The summed E-state index contributed by atoms with van der Waals surface area (Å²) in [7, 11) is 0. The first-order valence-corrected chi connectivity index (χ1v) is 6.71. The molecule has 0 saturated heterocycles. The lowest BCUT2D eigenvalue weighted by Gasteiger charge is -2.12. The molecule has 0 atom stereocenters. The summed E-state index contributed by atoms with van der Waals surface area (Å²) < 4.78 is 3.71. The van der Waals surface area contributed by atoms with Crippen LogP contribution in [0, 0.1) is 19.3 Å². The highest BCUT2D eigenvalue weighted by Gasteiger charge is 2.14. The summed E-state index contributed by atoms with van der Waals surface area (Å²) >= 11 is 0. The Balaban J connectivity index is 2.45. The third-order valence-corrected chi connectivity index (χ3v) is 3.61. The molecule has 2 aromatic heterocycles. The second-order valence-corrected chi connectivity index (χ2v) is 4.81. The highest BCUT2D eigenvalue weighted by molar-refractivity contribution is 5.39. The molecule has 5 nitrogen and oxygen atoms in total. The van der Waals surface area contributed by atoms with Gasteiger partial charge in [0.15, 0.2) is 0 Å². The number of aromatic nitrogens is 4. The zero-order valence-electron chi connectivity index (χ0n) is 11.9. The molecular formula is C15H17N5. The molecule has 0 unspecified atom stereocenters. The lowest BCUT2D eigenvalue weighted by Crippen LogP contribution is -2.20. The highest BCUT2D eigenvalue weighted by Crippen LogP contribution is 2.15. The summed E-state index contributed by atoms with van der Waals surface area (Å²) in [4.78, 5) is 8.79. The van der Waals surface area contributed by atoms with Crippen molar-refractivity contribution < 1.29 is 0 Å². The van der Waals surface area contributed by atoms with Crippen LogP contribution in [0.4, 0.5) is 0 Å². The predicted octanol–water partition coefficient (Wildman–Crippen LogP) is 2.18. The maximum atomic E-state index is 8.12. The van der Waals surface area contributed by atoms with Crippen molar-refractivity contribution in [3.05, 3.63) is 52.9 Å². The fraction of sp³-hybridized carbons (Fsp3) is 0.267. The molecule has 3 aromatic rings. The van der Waals surface area contributed by atoms with Gasteiger partial charge in [-0.3, -0.25) is 5.41 Å². The molecule has 0 aliphatic carbocycles. The largest absolute Gasteiger partial charge is 0.265 e. The van der Waals surface area contributed by atoms with Crippen LogP contribution in [0.1, 0.15) is 23.9 Å². The Hall–Kier alpha value is -2.43. The Bertz CT molecular complexity index is 827. The first-order chi connectivity index (χ1) is 9.63. The number of para-hydroxylation sites is 1. The van der Waals surface area contributed by atoms with Gasteiger partial charge in [-0.2, -0.15) is 4.98 Å². The van der Waals surface area contributed by atoms with Crippen LogP contribution in [0.2, 0.25) is 0 Å². The minimum atomic E-state index is 0.194. The van der Waals surface area contributed by atoms with Crippen LogP contribution in [0.5, 0.6) is 0 Å². The Labute approximate surface area is 117 Å². The molecule has 20 heavy (non-hydrogen) atoms. The minimum absolute atomic E-state index is 0.194. The zero-order valence-corrected chi connectivity index (χ0v) is 11.9. The van der Waals surface area contributed by atoms with Gasteiger partial charge >= 0.3 is 0 Å². The standard InChI is InChI=1S/C15H17N5/c1-4-13-10(2)17-15-18-14(16)20(19(15)11(13)3)12-8-6-5-7-9-12/h5-9,16H,4H2,1-3H3. The number of rotatable bonds is 2. The zero-order chi connectivity index (χ0) is 14.3. The Morgan fingerprint density at radius 1 is 1.10 bits per heavy atom. The van der Waals surface area contributed by atoms with E-state index in [9.17, 15) is 0 Å². The van der Waals surface area contributed by atoms with E-state index in [4.69, 9.17) is 5.41 Å². The van der Waals surface area contributed by atoms with Crippen molar-refractivity contribution in [2.75, 3.05) is 0 Å². The number of hydrogen-bond donors (Lipinski definition) is 1. The van der Waals surface area contributed by atoms with E-state index in [1.807, 2.05) is 41.8 Å². The van der Waals surface area contributed by atoms with Gasteiger partial charge in [-0.25, -0.2) is 14.2 Å². The third kappa shape index (κ3) is 1.74. The van der Waals surface area contributed by atoms with Gasteiger partial charge in [0.2, 0.25) is 5.62 Å². The first kappa shape index (κ1) is 12.6. The van der Waals surface area contributed by atoms with Crippen LogP contribution >= 0.6 is 0 Å². The van der Waals surface area contributed by atoms with Crippen molar-refractivity contribution in [1.29, 1.82) is 5.41 Å². The van der Waals surface area contributed by atoms with E-state index in [1.165, 1.54) is 5.56 Å². The second kappa shape index (κ2) is 4.59. The topological polar surface area (TPSA) is 59.0 Å². The second-order valence-electron chi connectivity index (χ2n) is 4.81. The molecular weight excluding hydrogens is 250 g/mol. The van der Waals surface area contributed by atoms with E-state index >= 15 is 0 Å². The van der Waals surface area contributed by atoms with Crippen molar-refractivity contribution >= 4 is 5.78 Å². The van der Waals surface area contributed by atoms with Crippen LogP contribution in [-0.4, -0.2) is 19.2 Å².